The van der Waals surface area contributed by atoms with Crippen molar-refractivity contribution in [3.8, 4) is 0 Å². The Morgan fingerprint density at radius 3 is 3.00 bits per heavy atom. The topological polar surface area (TPSA) is 95.1 Å². The molecular formula is C16H17N5O3. The maximum Gasteiger partial charge on any atom is 0.325 e. The monoisotopic (exact) mass is 327 g/mol. The number of aliphatic carboxylic acids is 1. The van der Waals surface area contributed by atoms with Gasteiger partial charge in [0.05, 0.1) is 18.3 Å². The van der Waals surface area contributed by atoms with Gasteiger partial charge in [-0.25, -0.2) is 9.67 Å². The van der Waals surface area contributed by atoms with Crippen molar-refractivity contribution in [3.63, 3.8) is 0 Å². The summed E-state index contributed by atoms with van der Waals surface area (Å²) in [5.74, 6) is 0.433. The standard InChI is InChI=1S/C16H17N5O3/c22-15(23)9-21-14(18-16(19-21)12-5-6-24-10-12)8-20-13-4-2-1-3-11(13)7-17-20/h1-4,7,12H,5-6,8-10H2,(H,22,23)/t12-/m0/s1. The number of nitrogens with zero attached hydrogens (tertiary/aromatic N) is 5. The molecule has 124 valence electrons. The lowest BCUT2D eigenvalue weighted by atomic mass is 10.1. The van der Waals surface area contributed by atoms with Gasteiger partial charge in [0.25, 0.3) is 0 Å². The highest BCUT2D eigenvalue weighted by Gasteiger charge is 2.24. The van der Waals surface area contributed by atoms with Crippen molar-refractivity contribution >= 4 is 16.9 Å². The normalized spacial score (nSPS) is 17.6. The van der Waals surface area contributed by atoms with Crippen LogP contribution in [-0.2, 0) is 22.6 Å². The lowest BCUT2D eigenvalue weighted by molar-refractivity contribution is -0.137. The molecule has 1 fully saturated rings. The molecule has 0 saturated carbocycles. The molecule has 0 unspecified atom stereocenters. The van der Waals surface area contributed by atoms with Gasteiger partial charge in [0.2, 0.25) is 0 Å². The highest BCUT2D eigenvalue weighted by molar-refractivity contribution is 5.78. The molecule has 3 heterocycles. The van der Waals surface area contributed by atoms with Crippen molar-refractivity contribution in [2.75, 3.05) is 13.2 Å². The van der Waals surface area contributed by atoms with Crippen LogP contribution in [0.25, 0.3) is 10.9 Å². The van der Waals surface area contributed by atoms with E-state index in [2.05, 4.69) is 15.2 Å². The van der Waals surface area contributed by atoms with Crippen LogP contribution >= 0.6 is 0 Å². The number of para-hydroxylation sites is 1. The molecule has 3 aromatic rings. The molecule has 8 heteroatoms. The first-order valence-corrected chi connectivity index (χ1v) is 7.84. The van der Waals surface area contributed by atoms with Gasteiger partial charge in [-0.2, -0.15) is 10.2 Å². The van der Waals surface area contributed by atoms with E-state index in [1.807, 2.05) is 28.9 Å². The number of benzene rings is 1. The number of hydrogen-bond acceptors (Lipinski definition) is 5. The minimum Gasteiger partial charge on any atom is -0.480 e. The Morgan fingerprint density at radius 1 is 1.33 bits per heavy atom. The Morgan fingerprint density at radius 2 is 2.21 bits per heavy atom. The molecule has 1 aliphatic heterocycles. The third-order valence-electron chi connectivity index (χ3n) is 4.19. The van der Waals surface area contributed by atoms with Gasteiger partial charge in [-0.15, -0.1) is 0 Å². The van der Waals surface area contributed by atoms with E-state index in [0.717, 1.165) is 17.3 Å². The van der Waals surface area contributed by atoms with Gasteiger partial charge in [0.1, 0.15) is 18.9 Å². The second kappa shape index (κ2) is 6.04. The molecule has 1 aliphatic rings. The van der Waals surface area contributed by atoms with Gasteiger partial charge < -0.3 is 9.84 Å². The highest BCUT2D eigenvalue weighted by Crippen LogP contribution is 2.23. The van der Waals surface area contributed by atoms with Gasteiger partial charge in [-0.3, -0.25) is 9.48 Å². The van der Waals surface area contributed by atoms with Crippen molar-refractivity contribution in [1.29, 1.82) is 0 Å². The minimum absolute atomic E-state index is 0.133. The molecule has 4 rings (SSSR count). The molecule has 0 spiro atoms. The van der Waals surface area contributed by atoms with Crippen LogP contribution < -0.4 is 0 Å². The van der Waals surface area contributed by atoms with Crippen molar-refractivity contribution in [3.05, 3.63) is 42.1 Å². The van der Waals surface area contributed by atoms with E-state index in [1.165, 1.54) is 4.68 Å². The number of hydrogen-bond donors (Lipinski definition) is 1. The summed E-state index contributed by atoms with van der Waals surface area (Å²) >= 11 is 0. The molecular weight excluding hydrogens is 310 g/mol. The van der Waals surface area contributed by atoms with E-state index in [1.54, 1.807) is 6.20 Å². The second-order valence-corrected chi connectivity index (χ2v) is 5.86. The highest BCUT2D eigenvalue weighted by atomic mass is 16.5. The summed E-state index contributed by atoms with van der Waals surface area (Å²) in [6.45, 7) is 1.44. The Hall–Kier alpha value is -2.74. The van der Waals surface area contributed by atoms with E-state index < -0.39 is 5.97 Å². The van der Waals surface area contributed by atoms with Gasteiger partial charge in [-0.05, 0) is 12.5 Å². The second-order valence-electron chi connectivity index (χ2n) is 5.86. The first-order chi connectivity index (χ1) is 11.7. The van der Waals surface area contributed by atoms with Crippen molar-refractivity contribution in [2.24, 2.45) is 0 Å². The molecule has 1 aromatic carbocycles. The van der Waals surface area contributed by atoms with Crippen LogP contribution in [0.15, 0.2) is 30.5 Å². The van der Waals surface area contributed by atoms with E-state index in [0.29, 0.717) is 31.4 Å². The first-order valence-electron chi connectivity index (χ1n) is 7.84. The number of carbonyl (C=O) groups is 1. The van der Waals surface area contributed by atoms with E-state index in [-0.39, 0.29) is 12.5 Å². The molecule has 1 saturated heterocycles. The number of fused-ring (bicyclic) bond motifs is 1. The van der Waals surface area contributed by atoms with Crippen LogP contribution in [0.1, 0.15) is 24.0 Å². The molecule has 0 amide bonds. The summed E-state index contributed by atoms with van der Waals surface area (Å²) in [7, 11) is 0. The zero-order valence-corrected chi connectivity index (χ0v) is 13.0. The predicted octanol–water partition coefficient (Wildman–Crippen LogP) is 1.26. The van der Waals surface area contributed by atoms with Gasteiger partial charge in [0.15, 0.2) is 5.82 Å². The summed E-state index contributed by atoms with van der Waals surface area (Å²) < 4.78 is 8.65. The van der Waals surface area contributed by atoms with Crippen LogP contribution in [0.4, 0.5) is 0 Å². The average molecular weight is 327 g/mol. The van der Waals surface area contributed by atoms with Crippen LogP contribution in [0.3, 0.4) is 0 Å². The molecule has 0 radical (unpaired) electrons. The third-order valence-corrected chi connectivity index (χ3v) is 4.19. The fourth-order valence-corrected chi connectivity index (χ4v) is 2.96. The lowest BCUT2D eigenvalue weighted by Crippen LogP contribution is -2.16. The van der Waals surface area contributed by atoms with Crippen molar-refractivity contribution < 1.29 is 14.6 Å². The Labute approximate surface area is 137 Å². The Balaban J connectivity index is 1.68. The van der Waals surface area contributed by atoms with E-state index >= 15 is 0 Å². The SMILES string of the molecule is O=C(O)Cn1nc([C@H]2CCOC2)nc1Cn1ncc2ccccc21. The van der Waals surface area contributed by atoms with Crippen LogP contribution in [-0.4, -0.2) is 48.8 Å². The first kappa shape index (κ1) is 14.8. The number of aromatic nitrogens is 5. The summed E-state index contributed by atoms with van der Waals surface area (Å²) in [4.78, 5) is 15.7. The van der Waals surface area contributed by atoms with E-state index in [4.69, 9.17) is 9.84 Å². The molecule has 24 heavy (non-hydrogen) atoms. The van der Waals surface area contributed by atoms with Crippen LogP contribution in [0.2, 0.25) is 0 Å². The Kier molecular flexibility index (Phi) is 3.73. The van der Waals surface area contributed by atoms with Crippen molar-refractivity contribution in [2.45, 2.75) is 25.4 Å². The average Bonchev–Trinajstić information content (AvgIpc) is 3.28. The largest absolute Gasteiger partial charge is 0.480 e. The fourth-order valence-electron chi connectivity index (χ4n) is 2.96. The molecule has 1 atom stereocenters. The fraction of sp³-hybridized carbons (Fsp3) is 0.375. The van der Waals surface area contributed by atoms with Gasteiger partial charge in [-0.1, -0.05) is 18.2 Å². The van der Waals surface area contributed by atoms with E-state index in [9.17, 15) is 4.79 Å². The number of rotatable bonds is 5. The zero-order chi connectivity index (χ0) is 16.5. The number of carboxylic acids is 1. The van der Waals surface area contributed by atoms with Crippen molar-refractivity contribution in [1.82, 2.24) is 24.5 Å². The maximum absolute atomic E-state index is 11.1. The Bertz CT molecular complexity index is 879. The molecule has 8 nitrogen and oxygen atoms in total. The summed E-state index contributed by atoms with van der Waals surface area (Å²) in [5, 5.41) is 18.9. The van der Waals surface area contributed by atoms with Gasteiger partial charge >= 0.3 is 5.97 Å². The predicted molar refractivity (Wildman–Crippen MR) is 84.7 cm³/mol. The maximum atomic E-state index is 11.1. The van der Waals surface area contributed by atoms with Crippen LogP contribution in [0, 0.1) is 0 Å². The molecule has 2 aromatic heterocycles. The molecule has 1 N–H and O–H groups in total. The number of ether oxygens (including phenoxy) is 1. The van der Waals surface area contributed by atoms with Gasteiger partial charge in [0, 0.05) is 17.9 Å². The quantitative estimate of drug-likeness (QED) is 0.758. The third kappa shape index (κ3) is 2.76. The van der Waals surface area contributed by atoms with Crippen LogP contribution in [0.5, 0.6) is 0 Å². The smallest absolute Gasteiger partial charge is 0.325 e. The minimum atomic E-state index is -0.944. The number of carboxylic acid groups (broad SMARTS) is 1. The summed E-state index contributed by atoms with van der Waals surface area (Å²) in [6, 6.07) is 7.87. The molecule has 0 aliphatic carbocycles. The summed E-state index contributed by atoms with van der Waals surface area (Å²) in [5.41, 5.74) is 0.980. The molecule has 0 bridgehead atoms. The zero-order valence-electron chi connectivity index (χ0n) is 13.0. The summed E-state index contributed by atoms with van der Waals surface area (Å²) in [6.07, 6.45) is 2.65. The lowest BCUT2D eigenvalue weighted by Gasteiger charge is -2.04.